The van der Waals surface area contributed by atoms with Crippen LogP contribution in [0.15, 0.2) is 54.6 Å². The number of para-hydroxylation sites is 1. The van der Waals surface area contributed by atoms with Gasteiger partial charge in [-0.2, -0.15) is 0 Å². The molecule has 2 aromatic carbocycles. The van der Waals surface area contributed by atoms with E-state index < -0.39 is 5.97 Å². The molecule has 0 spiro atoms. The number of amides is 1. The second-order valence-corrected chi connectivity index (χ2v) is 7.56. The highest BCUT2D eigenvalue weighted by Gasteiger charge is 2.32. The monoisotopic (exact) mass is 402 g/mol. The van der Waals surface area contributed by atoms with Crippen LogP contribution in [0.2, 0.25) is 0 Å². The zero-order valence-corrected chi connectivity index (χ0v) is 17.6. The van der Waals surface area contributed by atoms with Gasteiger partial charge >= 0.3 is 5.97 Å². The average Bonchev–Trinajstić information content (AvgIpc) is 3.28. The van der Waals surface area contributed by atoms with Crippen LogP contribution in [-0.4, -0.2) is 29.6 Å². The van der Waals surface area contributed by atoms with Crippen molar-refractivity contribution < 1.29 is 14.3 Å². The van der Waals surface area contributed by atoms with Gasteiger partial charge < -0.3 is 14.2 Å². The largest absolute Gasteiger partial charge is 0.461 e. The molecule has 5 nitrogen and oxygen atoms in total. The van der Waals surface area contributed by atoms with Gasteiger partial charge in [0, 0.05) is 24.5 Å². The van der Waals surface area contributed by atoms with Gasteiger partial charge in [-0.25, -0.2) is 4.79 Å². The molecule has 5 heteroatoms. The smallest absolute Gasteiger partial charge is 0.355 e. The molecule has 0 N–H and O–H groups in total. The molecule has 0 unspecified atom stereocenters. The highest BCUT2D eigenvalue weighted by atomic mass is 16.5. The van der Waals surface area contributed by atoms with Crippen molar-refractivity contribution >= 4 is 17.6 Å². The fourth-order valence-corrected chi connectivity index (χ4v) is 4.32. The molecule has 30 heavy (non-hydrogen) atoms. The summed E-state index contributed by atoms with van der Waals surface area (Å²) in [5, 5.41) is 0. The molecule has 4 rings (SSSR count). The van der Waals surface area contributed by atoms with Gasteiger partial charge in [-0.15, -0.1) is 0 Å². The third-order valence-corrected chi connectivity index (χ3v) is 5.77. The molecule has 0 atom stereocenters. The van der Waals surface area contributed by atoms with Crippen molar-refractivity contribution in [2.75, 3.05) is 18.1 Å². The van der Waals surface area contributed by atoms with Gasteiger partial charge in [0.15, 0.2) is 0 Å². The minimum atomic E-state index is -0.394. The van der Waals surface area contributed by atoms with Gasteiger partial charge in [0.1, 0.15) is 5.69 Å². The van der Waals surface area contributed by atoms with Gasteiger partial charge in [-0.05, 0) is 49.9 Å². The molecule has 0 aliphatic carbocycles. The van der Waals surface area contributed by atoms with Crippen molar-refractivity contribution in [2.45, 2.75) is 33.7 Å². The van der Waals surface area contributed by atoms with Gasteiger partial charge in [0.05, 0.1) is 12.2 Å². The lowest BCUT2D eigenvalue weighted by molar-refractivity contribution is 0.0513. The summed E-state index contributed by atoms with van der Waals surface area (Å²) in [4.78, 5) is 28.3. The molecule has 0 saturated heterocycles. The molecule has 1 aliphatic rings. The van der Waals surface area contributed by atoms with Crippen LogP contribution < -0.4 is 4.90 Å². The Morgan fingerprint density at radius 2 is 1.70 bits per heavy atom. The molecule has 1 amide bonds. The van der Waals surface area contributed by atoms with E-state index in [9.17, 15) is 9.59 Å². The summed E-state index contributed by atoms with van der Waals surface area (Å²) in [6.45, 7) is 6.99. The minimum Gasteiger partial charge on any atom is -0.461 e. The van der Waals surface area contributed by atoms with Crippen LogP contribution in [0.4, 0.5) is 5.69 Å². The summed E-state index contributed by atoms with van der Waals surface area (Å²) in [6, 6.07) is 17.9. The van der Waals surface area contributed by atoms with E-state index in [1.165, 1.54) is 5.56 Å². The maximum atomic E-state index is 13.6. The fraction of sp³-hybridized carbons (Fsp3) is 0.280. The van der Waals surface area contributed by atoms with E-state index in [2.05, 4.69) is 6.07 Å². The zero-order valence-electron chi connectivity index (χ0n) is 17.6. The van der Waals surface area contributed by atoms with Gasteiger partial charge in [-0.3, -0.25) is 4.79 Å². The number of carbonyl (C=O) groups excluding carboxylic acids is 2. The molecule has 0 fully saturated rings. The number of rotatable bonds is 5. The Bertz CT molecular complexity index is 1100. The average molecular weight is 402 g/mol. The molecule has 0 bridgehead atoms. The summed E-state index contributed by atoms with van der Waals surface area (Å²) in [5.41, 5.74) is 5.70. The Kier molecular flexibility index (Phi) is 5.44. The second kappa shape index (κ2) is 8.19. The van der Waals surface area contributed by atoms with E-state index in [1.54, 1.807) is 6.92 Å². The molecular weight excluding hydrogens is 376 g/mol. The molecular formula is C25H26N2O3. The SMILES string of the molecule is CCOC(=O)c1c(C)c(C(=O)N2CCc3ccccc32)c(C)n1Cc1ccccc1. The van der Waals surface area contributed by atoms with E-state index in [0.717, 1.165) is 23.4 Å². The standard InChI is InChI=1S/C25H26N2O3/c1-4-30-25(29)23-17(2)22(18(3)27(23)16-19-10-6-5-7-11-19)24(28)26-15-14-20-12-8-9-13-21(20)26/h5-13H,4,14-16H2,1-3H3. The fourth-order valence-electron chi connectivity index (χ4n) is 4.32. The lowest BCUT2D eigenvalue weighted by Crippen LogP contribution is -2.29. The first-order chi connectivity index (χ1) is 14.5. The predicted octanol–water partition coefficient (Wildman–Crippen LogP) is 4.53. The summed E-state index contributed by atoms with van der Waals surface area (Å²) in [7, 11) is 0. The van der Waals surface area contributed by atoms with Crippen LogP contribution in [0.3, 0.4) is 0 Å². The van der Waals surface area contributed by atoms with Gasteiger partial charge in [0.25, 0.3) is 5.91 Å². The number of nitrogens with zero attached hydrogens (tertiary/aromatic N) is 2. The quantitative estimate of drug-likeness (QED) is 0.589. The lowest BCUT2D eigenvalue weighted by Gasteiger charge is -2.18. The Morgan fingerprint density at radius 1 is 1.00 bits per heavy atom. The minimum absolute atomic E-state index is 0.0627. The van der Waals surface area contributed by atoms with Crippen LogP contribution in [-0.2, 0) is 17.7 Å². The summed E-state index contributed by atoms with van der Waals surface area (Å²) in [6.07, 6.45) is 0.843. The third-order valence-electron chi connectivity index (χ3n) is 5.77. The summed E-state index contributed by atoms with van der Waals surface area (Å²) < 4.78 is 7.25. The van der Waals surface area contributed by atoms with E-state index in [0.29, 0.717) is 29.9 Å². The van der Waals surface area contributed by atoms with Crippen LogP contribution in [0.25, 0.3) is 0 Å². The van der Waals surface area contributed by atoms with E-state index in [4.69, 9.17) is 4.74 Å². The lowest BCUT2D eigenvalue weighted by atomic mass is 10.1. The van der Waals surface area contributed by atoms with Crippen molar-refractivity contribution in [2.24, 2.45) is 0 Å². The van der Waals surface area contributed by atoms with Crippen LogP contribution >= 0.6 is 0 Å². The number of aromatic nitrogens is 1. The van der Waals surface area contributed by atoms with Gasteiger partial charge in [-0.1, -0.05) is 48.5 Å². The molecule has 1 aliphatic heterocycles. The first-order valence-corrected chi connectivity index (χ1v) is 10.3. The number of benzene rings is 2. The van der Waals surface area contributed by atoms with Crippen molar-refractivity contribution in [3.8, 4) is 0 Å². The molecule has 2 heterocycles. The van der Waals surface area contributed by atoms with Crippen molar-refractivity contribution in [1.82, 2.24) is 4.57 Å². The number of fused-ring (bicyclic) bond motifs is 1. The maximum absolute atomic E-state index is 13.6. The summed E-state index contributed by atoms with van der Waals surface area (Å²) >= 11 is 0. The molecule has 3 aromatic rings. The van der Waals surface area contributed by atoms with Crippen LogP contribution in [0.5, 0.6) is 0 Å². The molecule has 0 radical (unpaired) electrons. The van der Waals surface area contributed by atoms with Crippen LogP contribution in [0, 0.1) is 13.8 Å². The number of carbonyl (C=O) groups is 2. The van der Waals surface area contributed by atoms with Crippen LogP contribution in [0.1, 0.15) is 50.2 Å². The number of hydrogen-bond donors (Lipinski definition) is 0. The normalized spacial score (nSPS) is 12.7. The van der Waals surface area contributed by atoms with Gasteiger partial charge in [0.2, 0.25) is 0 Å². The van der Waals surface area contributed by atoms with Crippen molar-refractivity contribution in [3.63, 3.8) is 0 Å². The molecule has 1 aromatic heterocycles. The van der Waals surface area contributed by atoms with E-state index >= 15 is 0 Å². The summed E-state index contributed by atoms with van der Waals surface area (Å²) in [5.74, 6) is -0.456. The highest BCUT2D eigenvalue weighted by Crippen LogP contribution is 2.32. The first-order valence-electron chi connectivity index (χ1n) is 10.3. The Hall–Kier alpha value is -3.34. The van der Waals surface area contributed by atoms with Crippen molar-refractivity contribution in [3.05, 3.63) is 88.2 Å². The number of ether oxygens (including phenoxy) is 1. The Morgan fingerprint density at radius 3 is 2.43 bits per heavy atom. The number of hydrogen-bond acceptors (Lipinski definition) is 3. The number of esters is 1. The third kappa shape index (κ3) is 3.41. The highest BCUT2D eigenvalue weighted by molar-refractivity contribution is 6.10. The van der Waals surface area contributed by atoms with E-state index in [-0.39, 0.29) is 12.5 Å². The Labute approximate surface area is 176 Å². The van der Waals surface area contributed by atoms with E-state index in [1.807, 2.05) is 71.8 Å². The second-order valence-electron chi connectivity index (χ2n) is 7.56. The molecule has 0 saturated carbocycles. The number of anilines is 1. The van der Waals surface area contributed by atoms with Crippen molar-refractivity contribution in [1.29, 1.82) is 0 Å². The molecule has 154 valence electrons. The first kappa shape index (κ1) is 20.0. The zero-order chi connectivity index (χ0) is 21.3. The maximum Gasteiger partial charge on any atom is 0.355 e. The predicted molar refractivity (Wildman–Crippen MR) is 117 cm³/mol. The Balaban J connectivity index is 1.80. The topological polar surface area (TPSA) is 51.5 Å².